The summed E-state index contributed by atoms with van der Waals surface area (Å²) in [7, 11) is 0. The number of aryl methyl sites for hydroxylation is 1. The number of nitrogens with two attached hydrogens (primary N) is 2. The van der Waals surface area contributed by atoms with Crippen molar-refractivity contribution in [2.24, 2.45) is 21.9 Å². The van der Waals surface area contributed by atoms with Crippen LogP contribution in [0.3, 0.4) is 0 Å². The van der Waals surface area contributed by atoms with E-state index in [0.29, 0.717) is 17.1 Å². The van der Waals surface area contributed by atoms with E-state index in [1.165, 1.54) is 0 Å². The maximum absolute atomic E-state index is 9.92. The Balaban J connectivity index is 2.84. The summed E-state index contributed by atoms with van der Waals surface area (Å²) in [4.78, 5) is 4.56. The molecule has 1 aromatic carbocycles. The van der Waals surface area contributed by atoms with Crippen LogP contribution in [0.4, 0.5) is 0 Å². The Kier molecular flexibility index (Phi) is 5.37. The van der Waals surface area contributed by atoms with Crippen LogP contribution in [0.15, 0.2) is 51.8 Å². The van der Waals surface area contributed by atoms with E-state index in [1.807, 2.05) is 12.1 Å². The minimum Gasteiger partial charge on any atom is -0.401 e. The van der Waals surface area contributed by atoms with Gasteiger partial charge in [-0.05, 0) is 24.5 Å². The second kappa shape index (κ2) is 7.14. The van der Waals surface area contributed by atoms with Crippen molar-refractivity contribution in [1.29, 1.82) is 5.26 Å². The number of allylic oxidation sites excluding steroid dienone is 3. The zero-order valence-electron chi connectivity index (χ0n) is 15.9. The minimum absolute atomic E-state index is 0.260. The minimum atomic E-state index is -0.265. The van der Waals surface area contributed by atoms with Crippen LogP contribution in [0.25, 0.3) is 0 Å². The van der Waals surface area contributed by atoms with E-state index in [4.69, 9.17) is 11.5 Å². The van der Waals surface area contributed by atoms with Gasteiger partial charge in [-0.15, -0.1) is 0 Å². The molecule has 0 bridgehead atoms. The van der Waals surface area contributed by atoms with Gasteiger partial charge in [-0.2, -0.15) is 5.26 Å². The number of nitriles is 1. The van der Waals surface area contributed by atoms with Crippen LogP contribution in [0, 0.1) is 23.7 Å². The first-order valence-corrected chi connectivity index (χ1v) is 8.75. The monoisotopic (exact) mass is 336 g/mol. The molecule has 1 aromatic rings. The Labute approximate surface area is 150 Å². The van der Waals surface area contributed by atoms with Crippen molar-refractivity contribution < 1.29 is 0 Å². The van der Waals surface area contributed by atoms with Crippen molar-refractivity contribution in [2.75, 3.05) is 0 Å². The van der Waals surface area contributed by atoms with Gasteiger partial charge in [0.05, 0.1) is 23.3 Å². The fourth-order valence-corrected chi connectivity index (χ4v) is 3.20. The third-order valence-electron chi connectivity index (χ3n) is 4.62. The first-order chi connectivity index (χ1) is 11.7. The van der Waals surface area contributed by atoms with Crippen molar-refractivity contribution in [1.82, 2.24) is 0 Å². The lowest BCUT2D eigenvalue weighted by Gasteiger charge is -2.32. The van der Waals surface area contributed by atoms with Crippen molar-refractivity contribution in [2.45, 2.75) is 53.4 Å². The Morgan fingerprint density at radius 2 is 1.92 bits per heavy atom. The smallest absolute Gasteiger partial charge is 0.129 e. The van der Waals surface area contributed by atoms with Gasteiger partial charge in [0.2, 0.25) is 0 Å². The fraction of sp³-hybridized carbons (Fsp3) is 0.429. The highest BCUT2D eigenvalue weighted by Crippen LogP contribution is 2.42. The van der Waals surface area contributed by atoms with E-state index in [0.717, 1.165) is 35.2 Å². The molecule has 0 fully saturated rings. The van der Waals surface area contributed by atoms with Crippen LogP contribution in [-0.4, -0.2) is 5.84 Å². The van der Waals surface area contributed by atoms with Gasteiger partial charge >= 0.3 is 0 Å². The SMILES string of the molecule is CCCC1=C(C#N)C(c2ccccc2C)/C(=C(/N)C(C)(C)C)C(N)=N1. The zero-order chi connectivity index (χ0) is 18.8. The third kappa shape index (κ3) is 3.61. The number of hydrogen-bond donors (Lipinski definition) is 2. The van der Waals surface area contributed by atoms with Crippen molar-refractivity contribution in [3.8, 4) is 6.07 Å². The number of nitrogens with zero attached hydrogens (tertiary/aromatic N) is 2. The van der Waals surface area contributed by atoms with Gasteiger partial charge in [0.25, 0.3) is 0 Å². The molecular formula is C21H28N4. The normalized spacial score (nSPS) is 20.2. The largest absolute Gasteiger partial charge is 0.401 e. The summed E-state index contributed by atoms with van der Waals surface area (Å²) in [5.74, 6) is 0.174. The molecule has 0 aromatic heterocycles. The Bertz CT molecular complexity index is 798. The van der Waals surface area contributed by atoms with Crippen molar-refractivity contribution in [3.63, 3.8) is 0 Å². The molecule has 0 saturated heterocycles. The first-order valence-electron chi connectivity index (χ1n) is 8.75. The van der Waals surface area contributed by atoms with E-state index < -0.39 is 0 Å². The maximum atomic E-state index is 9.92. The second-order valence-electron chi connectivity index (χ2n) is 7.59. The van der Waals surface area contributed by atoms with Crippen LogP contribution < -0.4 is 11.5 Å². The molecule has 0 amide bonds. The van der Waals surface area contributed by atoms with Crippen LogP contribution >= 0.6 is 0 Å². The van der Waals surface area contributed by atoms with Gasteiger partial charge in [-0.25, -0.2) is 4.99 Å². The summed E-state index contributed by atoms with van der Waals surface area (Å²) in [5, 5.41) is 9.92. The summed E-state index contributed by atoms with van der Waals surface area (Å²) < 4.78 is 0. The van der Waals surface area contributed by atoms with Gasteiger partial charge in [0, 0.05) is 16.7 Å². The van der Waals surface area contributed by atoms with Gasteiger partial charge in [-0.3, -0.25) is 0 Å². The Morgan fingerprint density at radius 3 is 2.44 bits per heavy atom. The van der Waals surface area contributed by atoms with Gasteiger partial charge in [0.15, 0.2) is 0 Å². The zero-order valence-corrected chi connectivity index (χ0v) is 15.9. The van der Waals surface area contributed by atoms with Gasteiger partial charge in [-0.1, -0.05) is 58.4 Å². The lowest BCUT2D eigenvalue weighted by atomic mass is 9.75. The van der Waals surface area contributed by atoms with Crippen LogP contribution in [-0.2, 0) is 0 Å². The number of aliphatic imine (C=N–C) groups is 1. The summed E-state index contributed by atoms with van der Waals surface area (Å²) in [6, 6.07) is 10.5. The summed E-state index contributed by atoms with van der Waals surface area (Å²) in [6.07, 6.45) is 1.64. The van der Waals surface area contributed by atoms with Crippen LogP contribution in [0.5, 0.6) is 0 Å². The number of amidine groups is 1. The van der Waals surface area contributed by atoms with Crippen molar-refractivity contribution in [3.05, 3.63) is 57.9 Å². The van der Waals surface area contributed by atoms with Crippen LogP contribution in [0.1, 0.15) is 57.6 Å². The maximum Gasteiger partial charge on any atom is 0.129 e. The first kappa shape index (κ1) is 18.8. The standard InChI is InChI=1S/C21H28N4/c1-6-9-16-15(12-22)17(14-11-8-7-10-13(14)2)18(20(24)25-16)19(23)21(3,4)5/h7-8,10-11,17H,6,9,23H2,1-5H3,(H2,24,25)/b19-18-. The highest BCUT2D eigenvalue weighted by molar-refractivity contribution is 6.02. The van der Waals surface area contributed by atoms with E-state index in [2.05, 4.69) is 57.8 Å². The average Bonchev–Trinajstić information content (AvgIpc) is 2.54. The predicted octanol–water partition coefficient (Wildman–Crippen LogP) is 4.29. The van der Waals surface area contributed by atoms with E-state index in [9.17, 15) is 5.26 Å². The Morgan fingerprint density at radius 1 is 1.28 bits per heavy atom. The molecule has 0 aliphatic carbocycles. The summed E-state index contributed by atoms with van der Waals surface area (Å²) in [6.45, 7) is 10.3. The molecule has 0 spiro atoms. The molecule has 4 heteroatoms. The van der Waals surface area contributed by atoms with E-state index >= 15 is 0 Å². The third-order valence-corrected chi connectivity index (χ3v) is 4.62. The molecule has 1 heterocycles. The molecule has 1 atom stereocenters. The molecule has 0 saturated carbocycles. The van der Waals surface area contributed by atoms with Crippen LogP contribution in [0.2, 0.25) is 0 Å². The van der Waals surface area contributed by atoms with E-state index in [1.54, 1.807) is 0 Å². The second-order valence-corrected chi connectivity index (χ2v) is 7.59. The van der Waals surface area contributed by atoms with Gasteiger partial charge < -0.3 is 11.5 Å². The topological polar surface area (TPSA) is 88.2 Å². The fourth-order valence-electron chi connectivity index (χ4n) is 3.20. The molecule has 2 rings (SSSR count). The molecule has 1 unspecified atom stereocenters. The quantitative estimate of drug-likeness (QED) is 0.863. The average molecular weight is 336 g/mol. The molecule has 1 aliphatic rings. The predicted molar refractivity (Wildman–Crippen MR) is 104 cm³/mol. The van der Waals surface area contributed by atoms with E-state index in [-0.39, 0.29) is 11.3 Å². The number of benzene rings is 1. The molecule has 25 heavy (non-hydrogen) atoms. The number of hydrogen-bond acceptors (Lipinski definition) is 4. The highest BCUT2D eigenvalue weighted by Gasteiger charge is 2.35. The summed E-state index contributed by atoms with van der Waals surface area (Å²) >= 11 is 0. The lowest BCUT2D eigenvalue weighted by Crippen LogP contribution is -2.32. The molecule has 1 aliphatic heterocycles. The molecule has 4 nitrogen and oxygen atoms in total. The highest BCUT2D eigenvalue weighted by atomic mass is 14.9. The molecular weight excluding hydrogens is 308 g/mol. The molecule has 132 valence electrons. The van der Waals surface area contributed by atoms with Gasteiger partial charge in [0.1, 0.15) is 5.84 Å². The molecule has 0 radical (unpaired) electrons. The Hall–Kier alpha value is -2.54. The number of rotatable bonds is 3. The lowest BCUT2D eigenvalue weighted by molar-refractivity contribution is 0.490. The van der Waals surface area contributed by atoms with Crippen molar-refractivity contribution >= 4 is 5.84 Å². The summed E-state index contributed by atoms with van der Waals surface area (Å²) in [5.41, 5.74) is 17.7. The molecule has 4 N–H and O–H groups in total.